The second kappa shape index (κ2) is 6.31. The molecule has 3 heteroatoms. The predicted molar refractivity (Wildman–Crippen MR) is 88.3 cm³/mol. The number of carbonyl (C=O) groups is 1. The van der Waals surface area contributed by atoms with Crippen LogP contribution in [0.5, 0.6) is 5.75 Å². The zero-order valence-corrected chi connectivity index (χ0v) is 14.5. The predicted octanol–water partition coefficient (Wildman–Crippen LogP) is 4.40. The van der Waals surface area contributed by atoms with Crippen LogP contribution >= 0.6 is 0 Å². The molecule has 1 aliphatic rings. The molecule has 22 heavy (non-hydrogen) atoms. The summed E-state index contributed by atoms with van der Waals surface area (Å²) in [7, 11) is 1.70. The van der Waals surface area contributed by atoms with Gasteiger partial charge in [0.25, 0.3) is 0 Å². The quantitative estimate of drug-likeness (QED) is 0.756. The van der Waals surface area contributed by atoms with E-state index < -0.39 is 0 Å². The lowest BCUT2D eigenvalue weighted by atomic mass is 9.61. The van der Waals surface area contributed by atoms with Gasteiger partial charge in [-0.3, -0.25) is 4.79 Å². The van der Waals surface area contributed by atoms with E-state index in [4.69, 9.17) is 9.47 Å². The second-order valence-corrected chi connectivity index (χ2v) is 7.01. The number of hydrogen-bond donors (Lipinski definition) is 0. The Morgan fingerprint density at radius 1 is 1.27 bits per heavy atom. The van der Waals surface area contributed by atoms with Crippen molar-refractivity contribution in [3.8, 4) is 5.75 Å². The minimum Gasteiger partial charge on any atom is -0.496 e. The zero-order valence-electron chi connectivity index (χ0n) is 14.5. The number of ether oxygens (including phenoxy) is 2. The first-order valence-corrected chi connectivity index (χ1v) is 8.17. The monoisotopic (exact) mass is 304 g/mol. The molecule has 1 aromatic carbocycles. The van der Waals surface area contributed by atoms with Crippen LogP contribution in [0.1, 0.15) is 57.6 Å². The summed E-state index contributed by atoms with van der Waals surface area (Å²) in [6.45, 7) is 8.91. The Hall–Kier alpha value is -1.51. The summed E-state index contributed by atoms with van der Waals surface area (Å²) in [5.74, 6) is 0.769. The first kappa shape index (κ1) is 16.9. The first-order valence-electron chi connectivity index (χ1n) is 8.17. The molecule has 3 nitrogen and oxygen atoms in total. The molecule has 1 unspecified atom stereocenters. The number of esters is 1. The van der Waals surface area contributed by atoms with Gasteiger partial charge < -0.3 is 9.47 Å². The smallest absolute Gasteiger partial charge is 0.306 e. The number of methoxy groups -OCH3 is 1. The Bertz CT molecular complexity index is 548. The van der Waals surface area contributed by atoms with E-state index in [1.807, 2.05) is 13.0 Å². The molecule has 1 aromatic rings. The third kappa shape index (κ3) is 2.86. The van der Waals surface area contributed by atoms with E-state index in [1.54, 1.807) is 7.11 Å². The summed E-state index contributed by atoms with van der Waals surface area (Å²) in [6, 6.07) is 6.26. The summed E-state index contributed by atoms with van der Waals surface area (Å²) in [4.78, 5) is 12.3. The second-order valence-electron chi connectivity index (χ2n) is 7.01. The van der Waals surface area contributed by atoms with E-state index in [2.05, 4.69) is 32.9 Å². The molecule has 1 fully saturated rings. The molecule has 0 bridgehead atoms. The molecule has 0 aromatic heterocycles. The highest BCUT2D eigenvalue weighted by Crippen LogP contribution is 2.58. The molecule has 0 radical (unpaired) electrons. The van der Waals surface area contributed by atoms with Crippen molar-refractivity contribution in [3.05, 3.63) is 29.3 Å². The summed E-state index contributed by atoms with van der Waals surface area (Å²) < 4.78 is 10.9. The average Bonchev–Trinajstić information content (AvgIpc) is 2.75. The van der Waals surface area contributed by atoms with Gasteiger partial charge in [-0.1, -0.05) is 38.0 Å². The van der Waals surface area contributed by atoms with Gasteiger partial charge in [0, 0.05) is 11.0 Å². The van der Waals surface area contributed by atoms with Gasteiger partial charge in [0.05, 0.1) is 20.1 Å². The maximum atomic E-state index is 12.3. The number of aryl methyl sites for hydroxylation is 1. The summed E-state index contributed by atoms with van der Waals surface area (Å²) >= 11 is 0. The SMILES string of the molecule is CCOC(=O)CC1(c2cc(C)ccc2OC)CCCC1(C)C. The maximum Gasteiger partial charge on any atom is 0.306 e. The maximum absolute atomic E-state index is 12.3. The lowest BCUT2D eigenvalue weighted by Gasteiger charge is -2.42. The Morgan fingerprint density at radius 2 is 2.00 bits per heavy atom. The van der Waals surface area contributed by atoms with Gasteiger partial charge in [-0.2, -0.15) is 0 Å². The Morgan fingerprint density at radius 3 is 2.55 bits per heavy atom. The number of hydrogen-bond acceptors (Lipinski definition) is 3. The largest absolute Gasteiger partial charge is 0.496 e. The summed E-state index contributed by atoms with van der Waals surface area (Å²) in [6.07, 6.45) is 3.67. The molecule has 0 aliphatic heterocycles. The van der Waals surface area contributed by atoms with Crippen molar-refractivity contribution in [2.45, 2.75) is 58.8 Å². The van der Waals surface area contributed by atoms with Gasteiger partial charge in [-0.15, -0.1) is 0 Å². The van der Waals surface area contributed by atoms with Crippen LogP contribution in [0.15, 0.2) is 18.2 Å². The Labute approximate surface area is 134 Å². The number of rotatable bonds is 5. The van der Waals surface area contributed by atoms with Crippen LogP contribution in [-0.4, -0.2) is 19.7 Å². The summed E-state index contributed by atoms with van der Waals surface area (Å²) in [5.41, 5.74) is 2.18. The van der Waals surface area contributed by atoms with E-state index in [1.165, 1.54) is 5.56 Å². The fourth-order valence-electron chi connectivity index (χ4n) is 3.99. The molecule has 0 saturated heterocycles. The highest BCUT2D eigenvalue weighted by Gasteiger charge is 2.52. The number of carbonyl (C=O) groups excluding carboxylic acids is 1. The van der Waals surface area contributed by atoms with Crippen molar-refractivity contribution in [1.29, 1.82) is 0 Å². The molecular weight excluding hydrogens is 276 g/mol. The van der Waals surface area contributed by atoms with Crippen molar-refractivity contribution in [3.63, 3.8) is 0 Å². The van der Waals surface area contributed by atoms with E-state index in [9.17, 15) is 4.79 Å². The van der Waals surface area contributed by atoms with Gasteiger partial charge >= 0.3 is 5.97 Å². The van der Waals surface area contributed by atoms with Crippen LogP contribution in [0.4, 0.5) is 0 Å². The third-order valence-corrected chi connectivity index (χ3v) is 5.32. The molecule has 0 spiro atoms. The minimum atomic E-state index is -0.212. The molecule has 0 amide bonds. The van der Waals surface area contributed by atoms with Crippen LogP contribution in [0.3, 0.4) is 0 Å². The van der Waals surface area contributed by atoms with Crippen molar-refractivity contribution >= 4 is 5.97 Å². The van der Waals surface area contributed by atoms with Gasteiger partial charge in [-0.25, -0.2) is 0 Å². The molecule has 1 aliphatic carbocycles. The van der Waals surface area contributed by atoms with Crippen LogP contribution in [-0.2, 0) is 14.9 Å². The van der Waals surface area contributed by atoms with Gasteiger partial charge in [-0.05, 0) is 38.2 Å². The zero-order chi connectivity index (χ0) is 16.4. The van der Waals surface area contributed by atoms with E-state index in [0.717, 1.165) is 30.6 Å². The first-order chi connectivity index (χ1) is 10.4. The molecule has 0 heterocycles. The van der Waals surface area contributed by atoms with Crippen molar-refractivity contribution in [1.82, 2.24) is 0 Å². The molecular formula is C19H28O3. The fraction of sp³-hybridized carbons (Fsp3) is 0.632. The normalized spacial score (nSPS) is 23.3. The Balaban J connectivity index is 2.55. The fourth-order valence-corrected chi connectivity index (χ4v) is 3.99. The van der Waals surface area contributed by atoms with E-state index in [0.29, 0.717) is 13.0 Å². The highest BCUT2D eigenvalue weighted by molar-refractivity contribution is 5.72. The molecule has 0 N–H and O–H groups in total. The van der Waals surface area contributed by atoms with Crippen molar-refractivity contribution < 1.29 is 14.3 Å². The molecule has 1 saturated carbocycles. The van der Waals surface area contributed by atoms with Crippen LogP contribution < -0.4 is 4.74 Å². The lowest BCUT2D eigenvalue weighted by Crippen LogP contribution is -2.40. The van der Waals surface area contributed by atoms with E-state index in [-0.39, 0.29) is 16.8 Å². The Kier molecular flexibility index (Phi) is 4.84. The standard InChI is InChI=1S/C19H28O3/c1-6-22-17(20)13-19(11-7-10-18(19,3)4)15-12-14(2)8-9-16(15)21-5/h8-9,12H,6-7,10-11,13H2,1-5H3. The van der Waals surface area contributed by atoms with E-state index >= 15 is 0 Å². The molecule has 1 atom stereocenters. The van der Waals surface area contributed by atoms with Crippen LogP contribution in [0.25, 0.3) is 0 Å². The minimum absolute atomic E-state index is 0.0425. The summed E-state index contributed by atoms with van der Waals surface area (Å²) in [5, 5.41) is 0. The highest BCUT2D eigenvalue weighted by atomic mass is 16.5. The molecule has 2 rings (SSSR count). The van der Waals surface area contributed by atoms with Crippen LogP contribution in [0.2, 0.25) is 0 Å². The van der Waals surface area contributed by atoms with Crippen LogP contribution in [0, 0.1) is 12.3 Å². The van der Waals surface area contributed by atoms with Gasteiger partial charge in [0.15, 0.2) is 0 Å². The third-order valence-electron chi connectivity index (χ3n) is 5.32. The van der Waals surface area contributed by atoms with Gasteiger partial charge in [0.2, 0.25) is 0 Å². The number of benzene rings is 1. The van der Waals surface area contributed by atoms with Gasteiger partial charge in [0.1, 0.15) is 5.75 Å². The lowest BCUT2D eigenvalue weighted by molar-refractivity contribution is -0.145. The van der Waals surface area contributed by atoms with Crippen molar-refractivity contribution in [2.24, 2.45) is 5.41 Å². The van der Waals surface area contributed by atoms with Crippen molar-refractivity contribution in [2.75, 3.05) is 13.7 Å². The average molecular weight is 304 g/mol. The molecule has 122 valence electrons. The topological polar surface area (TPSA) is 35.5 Å².